The molecule has 0 atom stereocenters. The predicted octanol–water partition coefficient (Wildman–Crippen LogP) is 4.05. The molecule has 0 unspecified atom stereocenters. The molecule has 27 heavy (non-hydrogen) atoms. The monoisotopic (exact) mass is 364 g/mol. The van der Waals surface area contributed by atoms with E-state index in [0.717, 1.165) is 33.9 Å². The second-order valence-electron chi connectivity index (χ2n) is 7.14. The fourth-order valence-electron chi connectivity index (χ4n) is 3.57. The minimum absolute atomic E-state index is 0.355. The predicted molar refractivity (Wildman–Crippen MR) is 107 cm³/mol. The molecule has 140 valence electrons. The standard InChI is InChI=1S/C22H24N2O3/c1-13(2)18-19(22(26)27-21(18)25)15(4)17-12-14(3)24(20(17)23(5)6)16-10-8-7-9-11-16/h7-12H,1-6H3. The average molecular weight is 364 g/mol. The largest absolute Gasteiger partial charge is 0.386 e. The molecule has 1 saturated heterocycles. The van der Waals surface area contributed by atoms with Crippen LogP contribution in [-0.2, 0) is 14.3 Å². The van der Waals surface area contributed by atoms with Crippen molar-refractivity contribution >= 4 is 23.3 Å². The van der Waals surface area contributed by atoms with Gasteiger partial charge in [-0.3, -0.25) is 0 Å². The first-order valence-corrected chi connectivity index (χ1v) is 8.84. The van der Waals surface area contributed by atoms with E-state index in [-0.39, 0.29) is 0 Å². The lowest BCUT2D eigenvalue weighted by molar-refractivity contribution is -0.149. The molecule has 5 nitrogen and oxygen atoms in total. The van der Waals surface area contributed by atoms with Crippen molar-refractivity contribution < 1.29 is 14.3 Å². The first-order chi connectivity index (χ1) is 12.7. The molecule has 1 aromatic heterocycles. The maximum Gasteiger partial charge on any atom is 0.347 e. The van der Waals surface area contributed by atoms with Crippen LogP contribution in [0.3, 0.4) is 0 Å². The number of aryl methyl sites for hydroxylation is 1. The molecule has 3 rings (SSSR count). The lowest BCUT2D eigenvalue weighted by Gasteiger charge is -2.20. The number of ether oxygens (including phenoxy) is 1. The van der Waals surface area contributed by atoms with Crippen LogP contribution >= 0.6 is 0 Å². The number of rotatable bonds is 3. The molecule has 1 aromatic carbocycles. The van der Waals surface area contributed by atoms with E-state index in [1.807, 2.05) is 83.1 Å². The number of nitrogens with zero attached hydrogens (tertiary/aromatic N) is 2. The van der Waals surface area contributed by atoms with Crippen molar-refractivity contribution in [1.82, 2.24) is 4.57 Å². The minimum Gasteiger partial charge on any atom is -0.386 e. The van der Waals surface area contributed by atoms with Crippen molar-refractivity contribution in [2.75, 3.05) is 19.0 Å². The highest BCUT2D eigenvalue weighted by atomic mass is 16.6. The van der Waals surface area contributed by atoms with E-state index in [2.05, 4.69) is 4.57 Å². The van der Waals surface area contributed by atoms with Crippen molar-refractivity contribution in [3.63, 3.8) is 0 Å². The first kappa shape index (κ1) is 18.7. The molecule has 0 saturated carbocycles. The molecule has 0 aliphatic carbocycles. The maximum absolute atomic E-state index is 12.4. The molecular weight excluding hydrogens is 340 g/mol. The van der Waals surface area contributed by atoms with E-state index in [1.165, 1.54) is 0 Å². The number of hydrogen-bond acceptors (Lipinski definition) is 4. The summed E-state index contributed by atoms with van der Waals surface area (Å²) in [5.41, 5.74) is 5.21. The number of cyclic esters (lactones) is 2. The summed E-state index contributed by atoms with van der Waals surface area (Å²) in [6, 6.07) is 12.1. The fourth-order valence-corrected chi connectivity index (χ4v) is 3.57. The summed E-state index contributed by atoms with van der Waals surface area (Å²) < 4.78 is 7.04. The highest BCUT2D eigenvalue weighted by Crippen LogP contribution is 2.38. The third kappa shape index (κ3) is 3.10. The van der Waals surface area contributed by atoms with E-state index in [4.69, 9.17) is 4.74 Å². The third-order valence-electron chi connectivity index (χ3n) is 4.72. The summed E-state index contributed by atoms with van der Waals surface area (Å²) in [7, 11) is 3.94. The van der Waals surface area contributed by atoms with Gasteiger partial charge in [-0.25, -0.2) is 9.59 Å². The molecule has 0 amide bonds. The topological polar surface area (TPSA) is 51.5 Å². The second-order valence-corrected chi connectivity index (χ2v) is 7.14. The van der Waals surface area contributed by atoms with Crippen molar-refractivity contribution in [3.05, 3.63) is 64.4 Å². The van der Waals surface area contributed by atoms with Crippen LogP contribution in [0, 0.1) is 6.92 Å². The SMILES string of the molecule is CC(C)=C1C(=O)OC(=O)C1=C(C)c1cc(C)n(-c2ccccc2)c1N(C)C. The van der Waals surface area contributed by atoms with Crippen molar-refractivity contribution in [2.45, 2.75) is 27.7 Å². The number of carbonyl (C=O) groups excluding carboxylic acids is 2. The summed E-state index contributed by atoms with van der Waals surface area (Å²) in [5, 5.41) is 0. The second kappa shape index (κ2) is 6.91. The molecule has 5 heteroatoms. The fraction of sp³-hybridized carbons (Fsp3) is 0.273. The summed E-state index contributed by atoms with van der Waals surface area (Å²) in [4.78, 5) is 26.6. The minimum atomic E-state index is -0.580. The molecule has 1 aliphatic rings. The lowest BCUT2D eigenvalue weighted by Crippen LogP contribution is -2.16. The quantitative estimate of drug-likeness (QED) is 0.468. The highest BCUT2D eigenvalue weighted by molar-refractivity contribution is 6.22. The van der Waals surface area contributed by atoms with Gasteiger partial charge in [-0.15, -0.1) is 0 Å². The normalized spacial score (nSPS) is 15.9. The lowest BCUT2D eigenvalue weighted by atomic mass is 9.95. The van der Waals surface area contributed by atoms with Crippen LogP contribution < -0.4 is 4.90 Å². The number of benzene rings is 1. The van der Waals surface area contributed by atoms with Gasteiger partial charge in [0.1, 0.15) is 5.82 Å². The summed E-state index contributed by atoms with van der Waals surface area (Å²) in [5.74, 6) is -0.201. The van der Waals surface area contributed by atoms with Gasteiger partial charge in [0.05, 0.1) is 11.1 Å². The average Bonchev–Trinajstić information content (AvgIpc) is 3.11. The van der Waals surface area contributed by atoms with Crippen molar-refractivity contribution in [2.24, 2.45) is 0 Å². The zero-order chi connectivity index (χ0) is 19.9. The van der Waals surface area contributed by atoms with Gasteiger partial charge in [-0.2, -0.15) is 0 Å². The Balaban J connectivity index is 2.31. The Hall–Kier alpha value is -3.08. The molecule has 0 spiro atoms. The van der Waals surface area contributed by atoms with Gasteiger partial charge < -0.3 is 14.2 Å². The Kier molecular flexibility index (Phi) is 4.79. The van der Waals surface area contributed by atoms with Crippen molar-refractivity contribution in [3.8, 4) is 5.69 Å². The van der Waals surface area contributed by atoms with E-state index in [9.17, 15) is 9.59 Å². The Morgan fingerprint density at radius 1 is 0.963 bits per heavy atom. The van der Waals surface area contributed by atoms with Crippen LogP contribution in [0.5, 0.6) is 0 Å². The molecule has 0 radical (unpaired) electrons. The Morgan fingerprint density at radius 3 is 2.11 bits per heavy atom. The zero-order valence-electron chi connectivity index (χ0n) is 16.6. The van der Waals surface area contributed by atoms with E-state index >= 15 is 0 Å². The van der Waals surface area contributed by atoms with E-state index < -0.39 is 11.9 Å². The molecule has 0 N–H and O–H groups in total. The maximum atomic E-state index is 12.4. The number of para-hydroxylation sites is 1. The molecule has 2 aromatic rings. The third-order valence-corrected chi connectivity index (χ3v) is 4.72. The van der Waals surface area contributed by atoms with Crippen LogP contribution in [0.15, 0.2) is 53.1 Å². The van der Waals surface area contributed by atoms with E-state index in [0.29, 0.717) is 11.1 Å². The van der Waals surface area contributed by atoms with Gasteiger partial charge >= 0.3 is 11.9 Å². The van der Waals surface area contributed by atoms with E-state index in [1.54, 1.807) is 0 Å². The Bertz CT molecular complexity index is 988. The van der Waals surface area contributed by atoms with Crippen LogP contribution in [-0.4, -0.2) is 30.6 Å². The van der Waals surface area contributed by atoms with Crippen LogP contribution in [0.1, 0.15) is 32.0 Å². The van der Waals surface area contributed by atoms with Gasteiger partial charge in [0.25, 0.3) is 0 Å². The smallest absolute Gasteiger partial charge is 0.347 e. The highest BCUT2D eigenvalue weighted by Gasteiger charge is 2.37. The number of carbonyl (C=O) groups is 2. The number of aromatic nitrogens is 1. The van der Waals surface area contributed by atoms with Gasteiger partial charge in [-0.05, 0) is 51.5 Å². The molecule has 0 bridgehead atoms. The van der Waals surface area contributed by atoms with Gasteiger partial charge in [0, 0.05) is 31.0 Å². The van der Waals surface area contributed by atoms with Crippen LogP contribution in [0.4, 0.5) is 5.82 Å². The first-order valence-electron chi connectivity index (χ1n) is 8.84. The molecule has 1 fully saturated rings. The molecule has 2 heterocycles. The Morgan fingerprint density at radius 2 is 1.56 bits per heavy atom. The summed E-state index contributed by atoms with van der Waals surface area (Å²) in [6.07, 6.45) is 0. The summed E-state index contributed by atoms with van der Waals surface area (Å²) >= 11 is 0. The number of anilines is 1. The molecule has 1 aliphatic heterocycles. The van der Waals surface area contributed by atoms with Crippen molar-refractivity contribution in [1.29, 1.82) is 0 Å². The number of hydrogen-bond donors (Lipinski definition) is 0. The summed E-state index contributed by atoms with van der Waals surface area (Å²) in [6.45, 7) is 7.53. The van der Waals surface area contributed by atoms with Gasteiger partial charge in [0.2, 0.25) is 0 Å². The Labute approximate surface area is 159 Å². The number of esters is 2. The van der Waals surface area contributed by atoms with Crippen LogP contribution in [0.2, 0.25) is 0 Å². The number of allylic oxidation sites excluding steroid dienone is 2. The molecular formula is C22H24N2O3. The van der Waals surface area contributed by atoms with Crippen LogP contribution in [0.25, 0.3) is 11.3 Å². The zero-order valence-corrected chi connectivity index (χ0v) is 16.6. The van der Waals surface area contributed by atoms with Gasteiger partial charge in [0.15, 0.2) is 0 Å². The van der Waals surface area contributed by atoms with Gasteiger partial charge in [-0.1, -0.05) is 23.8 Å².